The van der Waals surface area contributed by atoms with Crippen LogP contribution in [0.4, 0.5) is 0 Å². The molecule has 0 amide bonds. The topological polar surface area (TPSA) is 63.6 Å². The van der Waals surface area contributed by atoms with Crippen molar-refractivity contribution < 1.29 is 19.4 Å². The smallest absolute Gasteiger partial charge is 0.208 e. The third kappa shape index (κ3) is 1.84. The predicted octanol–water partition coefficient (Wildman–Crippen LogP) is 2.18. The number of hydrogen-bond donors (Lipinski definition) is 1. The minimum Gasteiger partial charge on any atom is -0.510 e. The minimum absolute atomic E-state index is 0.0594. The number of Topliss-reactive ketones (excluding diaryl/α,β-unsaturated/α-hetero) is 2. The molecule has 3 rings (SSSR count). The largest absolute Gasteiger partial charge is 0.510 e. The molecule has 3 aliphatic rings. The van der Waals surface area contributed by atoms with Crippen molar-refractivity contribution in [2.45, 2.75) is 51.2 Å². The van der Waals surface area contributed by atoms with E-state index in [0.717, 1.165) is 25.7 Å². The van der Waals surface area contributed by atoms with Crippen molar-refractivity contribution in [1.82, 2.24) is 0 Å². The minimum atomic E-state index is -0.760. The highest BCUT2D eigenvalue weighted by Crippen LogP contribution is 2.46. The first-order valence-electron chi connectivity index (χ1n) is 7.09. The van der Waals surface area contributed by atoms with Gasteiger partial charge in [0.2, 0.25) is 11.6 Å². The molecule has 0 aromatic heterocycles. The molecule has 4 nitrogen and oxygen atoms in total. The average molecular weight is 264 g/mol. The van der Waals surface area contributed by atoms with Crippen LogP contribution in [-0.4, -0.2) is 28.4 Å². The molecule has 4 heteroatoms. The summed E-state index contributed by atoms with van der Waals surface area (Å²) in [5.74, 6) is -1.18. The number of hydrogen-bond acceptors (Lipinski definition) is 4. The van der Waals surface area contributed by atoms with Gasteiger partial charge >= 0.3 is 0 Å². The summed E-state index contributed by atoms with van der Waals surface area (Å²) in [6, 6.07) is 0. The van der Waals surface area contributed by atoms with Crippen molar-refractivity contribution in [2.24, 2.45) is 17.8 Å². The summed E-state index contributed by atoms with van der Waals surface area (Å²) in [6.45, 7) is 3.60. The van der Waals surface area contributed by atoms with Crippen LogP contribution in [0.1, 0.15) is 39.5 Å². The molecule has 0 aromatic carbocycles. The molecule has 2 fully saturated rings. The van der Waals surface area contributed by atoms with Crippen LogP contribution in [0, 0.1) is 17.8 Å². The first kappa shape index (κ1) is 12.9. The average Bonchev–Trinajstić information content (AvgIpc) is 2.38. The Bertz CT molecular complexity index is 463. The fourth-order valence-electron chi connectivity index (χ4n) is 3.74. The molecule has 1 N–H and O–H groups in total. The first-order valence-corrected chi connectivity index (χ1v) is 7.09. The van der Waals surface area contributed by atoms with Crippen LogP contribution in [0.2, 0.25) is 0 Å². The van der Waals surface area contributed by atoms with E-state index in [9.17, 15) is 14.7 Å². The Morgan fingerprint density at radius 3 is 2.63 bits per heavy atom. The predicted molar refractivity (Wildman–Crippen MR) is 68.6 cm³/mol. The normalized spacial score (nSPS) is 41.3. The molecule has 1 aliphatic heterocycles. The molecule has 0 radical (unpaired) electrons. The summed E-state index contributed by atoms with van der Waals surface area (Å²) in [7, 11) is 0. The van der Waals surface area contributed by atoms with E-state index >= 15 is 0 Å². The van der Waals surface area contributed by atoms with Gasteiger partial charge in [-0.1, -0.05) is 12.8 Å². The fraction of sp³-hybridized carbons (Fsp3) is 0.733. The van der Waals surface area contributed by atoms with Gasteiger partial charge in [-0.05, 0) is 38.7 Å². The SMILES string of the molecule is CC1(C)OC2C(C=C1O)C(=O)C(=O)C1CCCCC12. The van der Waals surface area contributed by atoms with Gasteiger partial charge in [-0.15, -0.1) is 0 Å². The molecule has 0 saturated heterocycles. The van der Waals surface area contributed by atoms with Gasteiger partial charge < -0.3 is 9.84 Å². The Morgan fingerprint density at radius 1 is 1.21 bits per heavy atom. The number of aliphatic hydroxyl groups is 1. The number of rotatable bonds is 0. The standard InChI is InChI=1S/C15H20O4/c1-15(2)11(16)7-10-13(18)12(17)8-5-3-4-6-9(8)14(10)19-15/h7-10,14,16H,3-6H2,1-2H3. The quantitative estimate of drug-likeness (QED) is 0.681. The molecular weight excluding hydrogens is 244 g/mol. The molecule has 2 aliphatic carbocycles. The Kier molecular flexibility index (Phi) is 2.82. The second-order valence-electron chi connectivity index (χ2n) is 6.45. The van der Waals surface area contributed by atoms with Crippen LogP contribution >= 0.6 is 0 Å². The number of carbonyl (C=O) groups excluding carboxylic acids is 2. The number of ether oxygens (including phenoxy) is 1. The van der Waals surface area contributed by atoms with Gasteiger partial charge in [0.05, 0.1) is 12.0 Å². The molecule has 19 heavy (non-hydrogen) atoms. The third-order valence-corrected chi connectivity index (χ3v) is 4.86. The highest BCUT2D eigenvalue weighted by atomic mass is 16.5. The van der Waals surface area contributed by atoms with E-state index in [2.05, 4.69) is 0 Å². The lowest BCUT2D eigenvalue weighted by Crippen LogP contribution is -2.56. The van der Waals surface area contributed by atoms with Crippen molar-refractivity contribution in [1.29, 1.82) is 0 Å². The zero-order valence-corrected chi connectivity index (χ0v) is 11.4. The van der Waals surface area contributed by atoms with E-state index in [1.54, 1.807) is 19.9 Å². The van der Waals surface area contributed by atoms with Crippen molar-refractivity contribution >= 4 is 11.6 Å². The zero-order valence-electron chi connectivity index (χ0n) is 11.4. The summed E-state index contributed by atoms with van der Waals surface area (Å²) in [5.41, 5.74) is -0.760. The molecule has 0 spiro atoms. The third-order valence-electron chi connectivity index (χ3n) is 4.86. The molecule has 1 heterocycles. The molecule has 0 bridgehead atoms. The number of ketones is 2. The fourth-order valence-corrected chi connectivity index (χ4v) is 3.74. The van der Waals surface area contributed by atoms with Crippen molar-refractivity contribution in [3.8, 4) is 0 Å². The van der Waals surface area contributed by atoms with Gasteiger partial charge in [0.15, 0.2) is 0 Å². The molecule has 4 atom stereocenters. The second kappa shape index (κ2) is 4.17. The number of fused-ring (bicyclic) bond motifs is 3. The van der Waals surface area contributed by atoms with E-state index in [4.69, 9.17) is 4.74 Å². The van der Waals surface area contributed by atoms with Crippen LogP contribution in [0.25, 0.3) is 0 Å². The van der Waals surface area contributed by atoms with Crippen LogP contribution in [-0.2, 0) is 14.3 Å². The molecule has 2 saturated carbocycles. The van der Waals surface area contributed by atoms with Crippen LogP contribution < -0.4 is 0 Å². The lowest BCUT2D eigenvalue weighted by atomic mass is 9.63. The molecular formula is C15H20O4. The van der Waals surface area contributed by atoms with Crippen molar-refractivity contribution in [3.63, 3.8) is 0 Å². The first-order chi connectivity index (χ1) is 8.92. The Hall–Kier alpha value is -1.16. The Balaban J connectivity index is 2.00. The van der Waals surface area contributed by atoms with E-state index < -0.39 is 11.5 Å². The van der Waals surface area contributed by atoms with Crippen LogP contribution in [0.5, 0.6) is 0 Å². The molecule has 0 aromatic rings. The van der Waals surface area contributed by atoms with Crippen LogP contribution in [0.3, 0.4) is 0 Å². The van der Waals surface area contributed by atoms with Gasteiger partial charge in [-0.3, -0.25) is 9.59 Å². The maximum atomic E-state index is 12.2. The highest BCUT2D eigenvalue weighted by Gasteiger charge is 2.53. The monoisotopic (exact) mass is 264 g/mol. The maximum absolute atomic E-state index is 12.2. The van der Waals surface area contributed by atoms with E-state index in [0.29, 0.717) is 0 Å². The Morgan fingerprint density at radius 2 is 1.89 bits per heavy atom. The Labute approximate surface area is 112 Å². The summed E-state index contributed by atoms with van der Waals surface area (Å²) >= 11 is 0. The lowest BCUT2D eigenvalue weighted by molar-refractivity contribution is -0.172. The van der Waals surface area contributed by atoms with Gasteiger partial charge in [0.1, 0.15) is 11.4 Å². The van der Waals surface area contributed by atoms with Gasteiger partial charge in [-0.25, -0.2) is 0 Å². The summed E-state index contributed by atoms with van der Waals surface area (Å²) in [5, 5.41) is 9.95. The van der Waals surface area contributed by atoms with E-state index in [1.807, 2.05) is 0 Å². The van der Waals surface area contributed by atoms with E-state index in [-0.39, 0.29) is 35.3 Å². The van der Waals surface area contributed by atoms with Crippen molar-refractivity contribution in [2.75, 3.05) is 0 Å². The van der Waals surface area contributed by atoms with Crippen molar-refractivity contribution in [3.05, 3.63) is 11.8 Å². The van der Waals surface area contributed by atoms with Gasteiger partial charge in [0.25, 0.3) is 0 Å². The van der Waals surface area contributed by atoms with Crippen LogP contribution in [0.15, 0.2) is 11.8 Å². The lowest BCUT2D eigenvalue weighted by Gasteiger charge is -2.47. The van der Waals surface area contributed by atoms with Gasteiger partial charge in [-0.2, -0.15) is 0 Å². The highest BCUT2D eigenvalue weighted by molar-refractivity contribution is 6.40. The number of carbonyl (C=O) groups is 2. The second-order valence-corrected chi connectivity index (χ2v) is 6.45. The van der Waals surface area contributed by atoms with E-state index in [1.165, 1.54) is 0 Å². The summed E-state index contributed by atoms with van der Waals surface area (Å²) < 4.78 is 5.99. The maximum Gasteiger partial charge on any atom is 0.208 e. The van der Waals surface area contributed by atoms with Gasteiger partial charge in [0, 0.05) is 5.92 Å². The number of aliphatic hydroxyl groups excluding tert-OH is 1. The zero-order chi connectivity index (χ0) is 13.8. The summed E-state index contributed by atoms with van der Waals surface area (Å²) in [4.78, 5) is 24.4. The molecule has 104 valence electrons. The summed E-state index contributed by atoms with van der Waals surface area (Å²) in [6.07, 6.45) is 5.14. The molecule has 4 unspecified atom stereocenters.